The number of aromatic nitrogens is 3. The summed E-state index contributed by atoms with van der Waals surface area (Å²) in [7, 11) is 1.76. The molecule has 1 aliphatic carbocycles. The van der Waals surface area contributed by atoms with Crippen LogP contribution < -0.4 is 15.5 Å². The van der Waals surface area contributed by atoms with Gasteiger partial charge in [0.15, 0.2) is 0 Å². The summed E-state index contributed by atoms with van der Waals surface area (Å²) in [6.07, 6.45) is 9.76. The van der Waals surface area contributed by atoms with Crippen LogP contribution in [0.2, 0.25) is 0 Å². The summed E-state index contributed by atoms with van der Waals surface area (Å²) >= 11 is 2.31. The summed E-state index contributed by atoms with van der Waals surface area (Å²) in [6.45, 7) is 3.06. The van der Waals surface area contributed by atoms with E-state index >= 15 is 0 Å². The number of amides is 2. The van der Waals surface area contributed by atoms with E-state index in [9.17, 15) is 14.0 Å². The molecule has 2 saturated heterocycles. The van der Waals surface area contributed by atoms with Crippen molar-refractivity contribution in [3.63, 3.8) is 0 Å². The van der Waals surface area contributed by atoms with Crippen LogP contribution in [0.1, 0.15) is 62.6 Å². The highest BCUT2D eigenvalue weighted by Gasteiger charge is 2.53. The number of likely N-dealkylation sites (N-methyl/N-ethyl adjacent to an activating group) is 1. The quantitative estimate of drug-likeness (QED) is 0.241. The zero-order chi connectivity index (χ0) is 29.4. The highest BCUT2D eigenvalue weighted by atomic mass is 127. The first kappa shape index (κ1) is 29.3. The number of alkyl halides is 1. The zero-order valence-electron chi connectivity index (χ0n) is 24.2. The van der Waals surface area contributed by atoms with Gasteiger partial charge in [0.25, 0.3) is 0 Å². The summed E-state index contributed by atoms with van der Waals surface area (Å²) in [5.41, 5.74) is 2.77. The van der Waals surface area contributed by atoms with E-state index in [1.165, 1.54) is 18.6 Å². The van der Waals surface area contributed by atoms with Gasteiger partial charge in [-0.2, -0.15) is 0 Å². The number of halogens is 2. The lowest BCUT2D eigenvalue weighted by Gasteiger charge is -2.36. The van der Waals surface area contributed by atoms with Gasteiger partial charge in [0.1, 0.15) is 11.9 Å². The Morgan fingerprint density at radius 2 is 2.00 bits per heavy atom. The summed E-state index contributed by atoms with van der Waals surface area (Å²) < 4.78 is 14.9. The number of anilines is 1. The van der Waals surface area contributed by atoms with E-state index in [1.807, 2.05) is 36.4 Å². The first-order chi connectivity index (χ1) is 20.4. The average Bonchev–Trinajstić information content (AvgIpc) is 3.73. The molecule has 2 aliphatic heterocycles. The van der Waals surface area contributed by atoms with Gasteiger partial charge in [0.05, 0.1) is 23.8 Å². The van der Waals surface area contributed by atoms with E-state index in [0.29, 0.717) is 19.0 Å². The lowest BCUT2D eigenvalue weighted by molar-refractivity contribution is -0.139. The van der Waals surface area contributed by atoms with Crippen molar-refractivity contribution in [3.8, 4) is 0 Å². The molecule has 1 aromatic carbocycles. The molecule has 0 bridgehead atoms. The fourth-order valence-electron chi connectivity index (χ4n) is 7.31. The fourth-order valence-corrected chi connectivity index (χ4v) is 7.74. The van der Waals surface area contributed by atoms with Crippen LogP contribution in [0, 0.1) is 11.7 Å². The molecule has 224 valence electrons. The van der Waals surface area contributed by atoms with Crippen LogP contribution in [0.25, 0.3) is 10.9 Å². The van der Waals surface area contributed by atoms with Crippen LogP contribution >= 0.6 is 22.6 Å². The van der Waals surface area contributed by atoms with Crippen molar-refractivity contribution in [2.24, 2.45) is 5.92 Å². The number of likely N-dealkylation sites (tertiary alicyclic amines) is 1. The third-order valence-corrected chi connectivity index (χ3v) is 10.4. The van der Waals surface area contributed by atoms with Crippen molar-refractivity contribution in [2.75, 3.05) is 25.0 Å². The number of carbonyl (C=O) groups excluding carboxylic acids is 2. The Bertz CT molecular complexity index is 1440. The van der Waals surface area contributed by atoms with Crippen LogP contribution in [0.4, 0.5) is 10.3 Å². The monoisotopic (exact) mass is 687 g/mol. The number of hydrogen-bond donors (Lipinski definition) is 3. The Hall–Kier alpha value is -2.80. The van der Waals surface area contributed by atoms with Crippen LogP contribution in [0.15, 0.2) is 36.7 Å². The van der Waals surface area contributed by atoms with E-state index in [1.54, 1.807) is 7.05 Å². The van der Waals surface area contributed by atoms with E-state index in [2.05, 4.69) is 48.1 Å². The molecule has 5 atom stereocenters. The van der Waals surface area contributed by atoms with Crippen LogP contribution in [0.5, 0.6) is 0 Å². The second kappa shape index (κ2) is 12.4. The second-order valence-corrected chi connectivity index (χ2v) is 12.7. The highest BCUT2D eigenvalue weighted by molar-refractivity contribution is 14.1. The van der Waals surface area contributed by atoms with Gasteiger partial charge in [-0.05, 0) is 69.0 Å². The molecule has 3 aliphatic rings. The van der Waals surface area contributed by atoms with Crippen molar-refractivity contribution in [1.82, 2.24) is 30.5 Å². The third-order valence-electron chi connectivity index (χ3n) is 9.59. The van der Waals surface area contributed by atoms with Crippen LogP contribution in [0.3, 0.4) is 0 Å². The Kier molecular flexibility index (Phi) is 8.67. The van der Waals surface area contributed by atoms with E-state index in [0.717, 1.165) is 58.7 Å². The summed E-state index contributed by atoms with van der Waals surface area (Å²) in [5, 5.41) is 7.13. The SMILES string of the molecule is CN[C@@H](C)C(=O)N[C@H](C(=O)N1CC[C@@H]2[C@H]1[C@@H](c1c[nH]c3cc(F)ccc13)CN2c1nccc(CI)n1)C1CCCCC1. The van der Waals surface area contributed by atoms with E-state index in [4.69, 9.17) is 4.98 Å². The smallest absolute Gasteiger partial charge is 0.245 e. The predicted octanol–water partition coefficient (Wildman–Crippen LogP) is 4.28. The maximum atomic E-state index is 14.6. The lowest BCUT2D eigenvalue weighted by atomic mass is 9.82. The number of rotatable bonds is 8. The number of carbonyl (C=O) groups is 2. The molecule has 0 radical (unpaired) electrons. The van der Waals surface area contributed by atoms with Crippen molar-refractivity contribution in [2.45, 2.75) is 80.0 Å². The van der Waals surface area contributed by atoms with Crippen molar-refractivity contribution in [1.29, 1.82) is 0 Å². The number of hydrogen-bond acceptors (Lipinski definition) is 6. The number of nitrogens with zero attached hydrogens (tertiary/aromatic N) is 4. The average molecular weight is 688 g/mol. The number of fused-ring (bicyclic) bond motifs is 2. The minimum atomic E-state index is -0.558. The maximum Gasteiger partial charge on any atom is 0.245 e. The summed E-state index contributed by atoms with van der Waals surface area (Å²) in [4.78, 5) is 44.7. The molecule has 6 rings (SSSR count). The van der Waals surface area contributed by atoms with Gasteiger partial charge in [-0.3, -0.25) is 9.59 Å². The topological polar surface area (TPSA) is 106 Å². The van der Waals surface area contributed by atoms with Gasteiger partial charge in [0.2, 0.25) is 17.8 Å². The number of H-pyrrole nitrogens is 1. The molecular formula is C31H39FIN7O2. The molecule has 4 heterocycles. The van der Waals surface area contributed by atoms with Crippen LogP contribution in [-0.4, -0.2) is 76.0 Å². The second-order valence-electron chi connectivity index (χ2n) is 11.9. The van der Waals surface area contributed by atoms with Crippen LogP contribution in [-0.2, 0) is 14.0 Å². The molecule has 3 aromatic rings. The first-order valence-electron chi connectivity index (χ1n) is 15.1. The molecule has 3 fully saturated rings. The van der Waals surface area contributed by atoms with Crippen molar-refractivity contribution in [3.05, 3.63) is 53.7 Å². The molecular weight excluding hydrogens is 648 g/mol. The molecule has 2 aromatic heterocycles. The van der Waals surface area contributed by atoms with Gasteiger partial charge >= 0.3 is 0 Å². The van der Waals surface area contributed by atoms with Crippen molar-refractivity contribution >= 4 is 51.3 Å². The standard InChI is InChI=1S/C31H39FIN7O2/c1-18(34-2)29(41)38-27(19-6-4-3-5-7-19)30(42)39-13-11-26-28(39)24(17-40(26)31-35-12-10-21(15-33)37-31)23-16-36-25-14-20(32)8-9-22(23)25/h8-10,12,14,16,18-19,24,26-28,34,36H,3-7,11,13,15,17H2,1-2H3,(H,38,41)/t18-,24+,26+,27-,28+/m0/s1. The number of aromatic amines is 1. The molecule has 11 heteroatoms. The van der Waals surface area contributed by atoms with E-state index in [-0.39, 0.29) is 47.6 Å². The number of nitrogens with one attached hydrogen (secondary N) is 3. The molecule has 2 amide bonds. The van der Waals surface area contributed by atoms with Gasteiger partial charge in [0, 0.05) is 46.7 Å². The van der Waals surface area contributed by atoms with E-state index < -0.39 is 6.04 Å². The molecule has 9 nitrogen and oxygen atoms in total. The maximum absolute atomic E-state index is 14.6. The zero-order valence-corrected chi connectivity index (χ0v) is 26.3. The molecule has 3 N–H and O–H groups in total. The first-order valence-corrected chi connectivity index (χ1v) is 16.6. The largest absolute Gasteiger partial charge is 0.361 e. The minimum Gasteiger partial charge on any atom is -0.361 e. The normalized spacial score (nSPS) is 24.1. The minimum absolute atomic E-state index is 0.00530. The fraction of sp³-hybridized carbons (Fsp3) is 0.548. The highest BCUT2D eigenvalue weighted by Crippen LogP contribution is 2.45. The molecule has 1 saturated carbocycles. The third kappa shape index (κ3) is 5.49. The summed E-state index contributed by atoms with van der Waals surface area (Å²) in [5.74, 6) is 0.336. The molecule has 0 unspecified atom stereocenters. The summed E-state index contributed by atoms with van der Waals surface area (Å²) in [6, 6.07) is 5.73. The molecule has 0 spiro atoms. The van der Waals surface area contributed by atoms with Gasteiger partial charge in [-0.25, -0.2) is 14.4 Å². The van der Waals surface area contributed by atoms with Gasteiger partial charge in [-0.15, -0.1) is 0 Å². The Balaban J connectivity index is 1.37. The predicted molar refractivity (Wildman–Crippen MR) is 169 cm³/mol. The Morgan fingerprint density at radius 1 is 1.19 bits per heavy atom. The Morgan fingerprint density at radius 3 is 2.76 bits per heavy atom. The van der Waals surface area contributed by atoms with Crippen molar-refractivity contribution < 1.29 is 14.0 Å². The lowest BCUT2D eigenvalue weighted by Crippen LogP contribution is -2.57. The molecule has 42 heavy (non-hydrogen) atoms. The van der Waals surface area contributed by atoms with Gasteiger partial charge < -0.3 is 25.4 Å². The van der Waals surface area contributed by atoms with Gasteiger partial charge in [-0.1, -0.05) is 41.9 Å². The number of benzene rings is 1. The Labute approximate surface area is 259 Å².